The molecular weight excluding hydrogens is 192 g/mol. The molecule has 0 spiro atoms. The van der Waals surface area contributed by atoms with Crippen LogP contribution >= 0.6 is 0 Å². The topological polar surface area (TPSA) is 39.2 Å². The Kier molecular flexibility index (Phi) is 3.50. The predicted molar refractivity (Wildman–Crippen MR) is 44.5 cm³/mol. The van der Waals surface area contributed by atoms with Gasteiger partial charge in [0, 0.05) is 6.07 Å². The summed E-state index contributed by atoms with van der Waals surface area (Å²) in [6.07, 6.45) is 0.581. The minimum atomic E-state index is -0.835. The molecule has 0 bridgehead atoms. The van der Waals surface area contributed by atoms with E-state index in [0.29, 0.717) is 6.07 Å². The number of hydrogen-bond acceptors (Lipinski definition) is 3. The molecule has 1 aromatic heterocycles. The van der Waals surface area contributed by atoms with Gasteiger partial charge in [-0.3, -0.25) is 9.78 Å². The zero-order valence-electron chi connectivity index (χ0n) is 7.59. The molecule has 1 aromatic rings. The Labute approximate surface area is 79.7 Å². The van der Waals surface area contributed by atoms with E-state index in [-0.39, 0.29) is 18.7 Å². The van der Waals surface area contributed by atoms with E-state index in [1.807, 2.05) is 0 Å². The first-order chi connectivity index (χ1) is 6.63. The highest BCUT2D eigenvalue weighted by Crippen LogP contribution is 2.07. The lowest BCUT2D eigenvalue weighted by Crippen LogP contribution is -2.10. The summed E-state index contributed by atoms with van der Waals surface area (Å²) in [6.45, 7) is 1.87. The molecule has 0 aliphatic carbocycles. The Balaban J connectivity index is 2.72. The monoisotopic (exact) mass is 201 g/mol. The summed E-state index contributed by atoms with van der Waals surface area (Å²) in [5, 5.41) is 0. The van der Waals surface area contributed by atoms with Crippen LogP contribution in [0.25, 0.3) is 0 Å². The molecule has 0 atom stereocenters. The standard InChI is InChI=1S/C9H9F2NO2/c1-2-14-9(13)4-8-7(11)3-6(10)5-12-8/h3,5H,2,4H2,1H3. The van der Waals surface area contributed by atoms with Gasteiger partial charge in [0.1, 0.15) is 11.6 Å². The van der Waals surface area contributed by atoms with Crippen LogP contribution in [-0.4, -0.2) is 17.6 Å². The van der Waals surface area contributed by atoms with Crippen molar-refractivity contribution in [3.05, 3.63) is 29.6 Å². The van der Waals surface area contributed by atoms with Gasteiger partial charge < -0.3 is 4.74 Å². The summed E-state index contributed by atoms with van der Waals surface area (Å²) in [7, 11) is 0. The quantitative estimate of drug-likeness (QED) is 0.695. The Morgan fingerprint density at radius 1 is 1.57 bits per heavy atom. The summed E-state index contributed by atoms with van der Waals surface area (Å²) < 4.78 is 29.9. The average Bonchev–Trinajstić information content (AvgIpc) is 2.10. The molecule has 1 rings (SSSR count). The van der Waals surface area contributed by atoms with Crippen molar-refractivity contribution in [2.75, 3.05) is 6.61 Å². The van der Waals surface area contributed by atoms with Gasteiger partial charge in [-0.2, -0.15) is 0 Å². The van der Waals surface area contributed by atoms with E-state index >= 15 is 0 Å². The van der Waals surface area contributed by atoms with Crippen LogP contribution in [-0.2, 0) is 16.0 Å². The Morgan fingerprint density at radius 3 is 2.86 bits per heavy atom. The van der Waals surface area contributed by atoms with E-state index in [1.165, 1.54) is 0 Å². The van der Waals surface area contributed by atoms with Crippen molar-refractivity contribution in [3.8, 4) is 0 Å². The van der Waals surface area contributed by atoms with E-state index in [9.17, 15) is 13.6 Å². The van der Waals surface area contributed by atoms with E-state index < -0.39 is 17.6 Å². The zero-order valence-corrected chi connectivity index (χ0v) is 7.59. The molecule has 0 saturated carbocycles. The molecule has 1 heterocycles. The molecule has 0 fully saturated rings. The second-order valence-electron chi connectivity index (χ2n) is 2.56. The summed E-state index contributed by atoms with van der Waals surface area (Å²) >= 11 is 0. The van der Waals surface area contributed by atoms with Crippen molar-refractivity contribution < 1.29 is 18.3 Å². The molecule has 0 saturated heterocycles. The highest BCUT2D eigenvalue weighted by Gasteiger charge is 2.10. The number of esters is 1. The van der Waals surface area contributed by atoms with Crippen molar-refractivity contribution in [1.82, 2.24) is 4.98 Å². The van der Waals surface area contributed by atoms with E-state index in [0.717, 1.165) is 6.20 Å². The molecule has 0 radical (unpaired) electrons. The lowest BCUT2D eigenvalue weighted by atomic mass is 10.2. The minimum absolute atomic E-state index is 0.107. The van der Waals surface area contributed by atoms with Gasteiger partial charge in [-0.15, -0.1) is 0 Å². The van der Waals surface area contributed by atoms with Crippen LogP contribution in [0.3, 0.4) is 0 Å². The second kappa shape index (κ2) is 4.64. The van der Waals surface area contributed by atoms with Crippen LogP contribution in [0.4, 0.5) is 8.78 Å². The molecular formula is C9H9F2NO2. The molecule has 14 heavy (non-hydrogen) atoms. The first kappa shape index (κ1) is 10.6. The third-order valence-electron chi connectivity index (χ3n) is 1.50. The van der Waals surface area contributed by atoms with Crippen molar-refractivity contribution >= 4 is 5.97 Å². The number of hydrogen-bond donors (Lipinski definition) is 0. The first-order valence-electron chi connectivity index (χ1n) is 4.09. The van der Waals surface area contributed by atoms with Crippen molar-refractivity contribution in [2.24, 2.45) is 0 Å². The van der Waals surface area contributed by atoms with Crippen LogP contribution in [0.1, 0.15) is 12.6 Å². The fraction of sp³-hybridized carbons (Fsp3) is 0.333. The van der Waals surface area contributed by atoms with E-state index in [1.54, 1.807) is 6.92 Å². The summed E-state index contributed by atoms with van der Waals surface area (Å²) in [5.74, 6) is -2.18. The lowest BCUT2D eigenvalue weighted by Gasteiger charge is -2.02. The fourth-order valence-corrected chi connectivity index (χ4v) is 0.922. The largest absolute Gasteiger partial charge is 0.466 e. The number of aromatic nitrogens is 1. The number of carbonyl (C=O) groups excluding carboxylic acids is 1. The molecule has 0 unspecified atom stereocenters. The first-order valence-corrected chi connectivity index (χ1v) is 4.09. The number of rotatable bonds is 3. The Morgan fingerprint density at radius 2 is 2.29 bits per heavy atom. The molecule has 0 aromatic carbocycles. The van der Waals surface area contributed by atoms with E-state index in [4.69, 9.17) is 0 Å². The van der Waals surface area contributed by atoms with Crippen LogP contribution in [0, 0.1) is 11.6 Å². The highest BCUT2D eigenvalue weighted by atomic mass is 19.1. The number of ether oxygens (including phenoxy) is 1. The molecule has 0 aliphatic heterocycles. The van der Waals surface area contributed by atoms with Crippen molar-refractivity contribution in [3.63, 3.8) is 0 Å². The maximum absolute atomic E-state index is 12.9. The van der Waals surface area contributed by atoms with Crippen LogP contribution < -0.4 is 0 Å². The lowest BCUT2D eigenvalue weighted by molar-refractivity contribution is -0.142. The van der Waals surface area contributed by atoms with Gasteiger partial charge in [-0.25, -0.2) is 8.78 Å². The van der Waals surface area contributed by atoms with Crippen LogP contribution in [0.15, 0.2) is 12.3 Å². The zero-order chi connectivity index (χ0) is 10.6. The normalized spacial score (nSPS) is 9.93. The van der Waals surface area contributed by atoms with Gasteiger partial charge in [0.2, 0.25) is 0 Å². The minimum Gasteiger partial charge on any atom is -0.466 e. The number of carbonyl (C=O) groups is 1. The molecule has 0 amide bonds. The smallest absolute Gasteiger partial charge is 0.311 e. The predicted octanol–water partition coefficient (Wildman–Crippen LogP) is 1.47. The Hall–Kier alpha value is -1.52. The SMILES string of the molecule is CCOC(=O)Cc1ncc(F)cc1F. The van der Waals surface area contributed by atoms with Gasteiger partial charge in [0.15, 0.2) is 0 Å². The van der Waals surface area contributed by atoms with Gasteiger partial charge in [-0.05, 0) is 6.92 Å². The maximum atomic E-state index is 12.9. The number of nitrogens with zero attached hydrogens (tertiary/aromatic N) is 1. The molecule has 76 valence electrons. The fourth-order valence-electron chi connectivity index (χ4n) is 0.922. The molecule has 0 N–H and O–H groups in total. The van der Waals surface area contributed by atoms with Gasteiger partial charge in [0.05, 0.1) is 24.9 Å². The third-order valence-corrected chi connectivity index (χ3v) is 1.50. The van der Waals surface area contributed by atoms with Gasteiger partial charge >= 0.3 is 5.97 Å². The van der Waals surface area contributed by atoms with E-state index in [2.05, 4.69) is 9.72 Å². The molecule has 0 aliphatic rings. The van der Waals surface area contributed by atoms with Crippen LogP contribution in [0.5, 0.6) is 0 Å². The Bertz CT molecular complexity index is 342. The van der Waals surface area contributed by atoms with Gasteiger partial charge in [-0.1, -0.05) is 0 Å². The maximum Gasteiger partial charge on any atom is 0.311 e. The summed E-state index contributed by atoms with van der Waals surface area (Å²) in [6, 6.07) is 0.682. The van der Waals surface area contributed by atoms with Crippen molar-refractivity contribution in [1.29, 1.82) is 0 Å². The van der Waals surface area contributed by atoms with Gasteiger partial charge in [0.25, 0.3) is 0 Å². The number of pyridine rings is 1. The second-order valence-corrected chi connectivity index (χ2v) is 2.56. The summed E-state index contributed by atoms with van der Waals surface area (Å²) in [4.78, 5) is 14.4. The average molecular weight is 201 g/mol. The third kappa shape index (κ3) is 2.76. The molecule has 5 heteroatoms. The summed E-state index contributed by atoms with van der Waals surface area (Å²) in [5.41, 5.74) is -0.107. The molecule has 3 nitrogen and oxygen atoms in total. The van der Waals surface area contributed by atoms with Crippen molar-refractivity contribution in [2.45, 2.75) is 13.3 Å². The van der Waals surface area contributed by atoms with Crippen LogP contribution in [0.2, 0.25) is 0 Å². The number of halogens is 2. The highest BCUT2D eigenvalue weighted by molar-refractivity contribution is 5.71.